The zero-order chi connectivity index (χ0) is 12.5. The van der Waals surface area contributed by atoms with Crippen molar-refractivity contribution in [1.82, 2.24) is 4.90 Å². The highest BCUT2D eigenvalue weighted by Crippen LogP contribution is 2.27. The molecule has 0 radical (unpaired) electrons. The lowest BCUT2D eigenvalue weighted by Crippen LogP contribution is -2.63. The normalized spacial score (nSPS) is 17.7. The van der Waals surface area contributed by atoms with Crippen molar-refractivity contribution in [3.05, 3.63) is 35.4 Å². The van der Waals surface area contributed by atoms with Crippen molar-refractivity contribution in [2.75, 3.05) is 13.1 Å². The van der Waals surface area contributed by atoms with Crippen LogP contribution >= 0.6 is 0 Å². The van der Waals surface area contributed by atoms with Gasteiger partial charge in [-0.1, -0.05) is 31.5 Å². The molecule has 1 aliphatic heterocycles. The molecule has 0 spiro atoms. The zero-order valence-electron chi connectivity index (χ0n) is 10.4. The van der Waals surface area contributed by atoms with E-state index >= 15 is 0 Å². The number of benzene rings is 1. The summed E-state index contributed by atoms with van der Waals surface area (Å²) in [5.41, 5.74) is 1.09. The van der Waals surface area contributed by atoms with Gasteiger partial charge < -0.3 is 10.0 Å². The summed E-state index contributed by atoms with van der Waals surface area (Å²) in [7, 11) is 0. The summed E-state index contributed by atoms with van der Waals surface area (Å²) >= 11 is 0. The fraction of sp³-hybridized carbons (Fsp3) is 0.500. The number of aryl methyl sites for hydroxylation is 1. The van der Waals surface area contributed by atoms with Crippen molar-refractivity contribution in [2.45, 2.75) is 32.3 Å². The predicted molar refractivity (Wildman–Crippen MR) is 66.9 cm³/mol. The number of nitrogens with zero attached hydrogens (tertiary/aromatic N) is 1. The van der Waals surface area contributed by atoms with Gasteiger partial charge in [0, 0.05) is 5.56 Å². The van der Waals surface area contributed by atoms with Crippen LogP contribution in [0, 0.1) is 6.92 Å². The first-order chi connectivity index (χ1) is 8.06. The van der Waals surface area contributed by atoms with E-state index in [0.29, 0.717) is 13.1 Å². The molecule has 2 rings (SSSR count). The molecule has 3 nitrogen and oxygen atoms in total. The summed E-state index contributed by atoms with van der Waals surface area (Å²) in [5.74, 6) is 0.0314. The van der Waals surface area contributed by atoms with Crippen LogP contribution in [0.25, 0.3) is 0 Å². The van der Waals surface area contributed by atoms with Crippen LogP contribution in [0.15, 0.2) is 24.3 Å². The second-order valence-corrected chi connectivity index (χ2v) is 4.95. The van der Waals surface area contributed by atoms with Crippen LogP contribution in [0.5, 0.6) is 0 Å². The van der Waals surface area contributed by atoms with E-state index in [4.69, 9.17) is 0 Å². The standard InChI is InChI=1S/C14H19NO2/c1-3-8-14(17)9-15(10-14)13(16)12-7-5-4-6-11(12)2/h4-7,17H,3,8-10H2,1-2H3. The minimum absolute atomic E-state index is 0.0314. The van der Waals surface area contributed by atoms with E-state index in [1.165, 1.54) is 0 Å². The Balaban J connectivity index is 2.03. The van der Waals surface area contributed by atoms with Gasteiger partial charge in [0.2, 0.25) is 0 Å². The number of hydrogen-bond donors (Lipinski definition) is 1. The van der Waals surface area contributed by atoms with Crippen molar-refractivity contribution in [1.29, 1.82) is 0 Å². The van der Waals surface area contributed by atoms with E-state index in [2.05, 4.69) is 0 Å². The van der Waals surface area contributed by atoms with Crippen LogP contribution in [0.1, 0.15) is 35.7 Å². The van der Waals surface area contributed by atoms with Crippen LogP contribution in [-0.4, -0.2) is 34.6 Å². The molecule has 1 saturated heterocycles. The lowest BCUT2D eigenvalue weighted by molar-refractivity contribution is -0.0860. The Labute approximate surface area is 102 Å². The zero-order valence-corrected chi connectivity index (χ0v) is 10.4. The molecule has 1 heterocycles. The third kappa shape index (κ3) is 2.34. The fourth-order valence-corrected chi connectivity index (χ4v) is 2.41. The third-order valence-corrected chi connectivity index (χ3v) is 3.35. The van der Waals surface area contributed by atoms with Crippen molar-refractivity contribution >= 4 is 5.91 Å². The van der Waals surface area contributed by atoms with E-state index in [-0.39, 0.29) is 5.91 Å². The van der Waals surface area contributed by atoms with Crippen molar-refractivity contribution in [2.24, 2.45) is 0 Å². The Bertz CT molecular complexity index is 422. The molecule has 0 aromatic heterocycles. The van der Waals surface area contributed by atoms with Gasteiger partial charge >= 0.3 is 0 Å². The van der Waals surface area contributed by atoms with Gasteiger partial charge in [-0.3, -0.25) is 4.79 Å². The Morgan fingerprint density at radius 3 is 2.65 bits per heavy atom. The maximum absolute atomic E-state index is 12.2. The van der Waals surface area contributed by atoms with Crippen molar-refractivity contribution < 1.29 is 9.90 Å². The highest BCUT2D eigenvalue weighted by atomic mass is 16.3. The smallest absolute Gasteiger partial charge is 0.254 e. The van der Waals surface area contributed by atoms with Crippen molar-refractivity contribution in [3.8, 4) is 0 Å². The number of aliphatic hydroxyl groups is 1. The van der Waals surface area contributed by atoms with Crippen LogP contribution in [-0.2, 0) is 0 Å². The number of carbonyl (C=O) groups is 1. The highest BCUT2D eigenvalue weighted by molar-refractivity contribution is 5.96. The molecule has 3 heteroatoms. The number of amides is 1. The number of carbonyl (C=O) groups excluding carboxylic acids is 1. The van der Waals surface area contributed by atoms with Crippen LogP contribution in [0.2, 0.25) is 0 Å². The summed E-state index contributed by atoms with van der Waals surface area (Å²) in [6, 6.07) is 7.58. The summed E-state index contributed by atoms with van der Waals surface area (Å²) in [5, 5.41) is 10.1. The molecule has 1 aromatic carbocycles. The van der Waals surface area contributed by atoms with E-state index in [9.17, 15) is 9.90 Å². The Morgan fingerprint density at radius 1 is 1.41 bits per heavy atom. The molecule has 1 fully saturated rings. The van der Waals surface area contributed by atoms with Gasteiger partial charge in [-0.05, 0) is 25.0 Å². The molecule has 92 valence electrons. The summed E-state index contributed by atoms with van der Waals surface area (Å²) < 4.78 is 0. The summed E-state index contributed by atoms with van der Waals surface area (Å²) in [6.07, 6.45) is 1.72. The fourth-order valence-electron chi connectivity index (χ4n) is 2.41. The number of likely N-dealkylation sites (tertiary alicyclic amines) is 1. The molecule has 1 N–H and O–H groups in total. The Hall–Kier alpha value is -1.35. The monoisotopic (exact) mass is 233 g/mol. The first-order valence-electron chi connectivity index (χ1n) is 6.13. The topological polar surface area (TPSA) is 40.5 Å². The molecule has 0 bridgehead atoms. The van der Waals surface area contributed by atoms with Gasteiger partial charge in [0.1, 0.15) is 0 Å². The van der Waals surface area contributed by atoms with E-state index in [1.807, 2.05) is 38.1 Å². The molecule has 0 saturated carbocycles. The minimum atomic E-state index is -0.646. The maximum atomic E-state index is 12.2. The molecule has 0 unspecified atom stereocenters. The van der Waals surface area contributed by atoms with Gasteiger partial charge in [-0.25, -0.2) is 0 Å². The highest BCUT2D eigenvalue weighted by Gasteiger charge is 2.42. The quantitative estimate of drug-likeness (QED) is 0.867. The van der Waals surface area contributed by atoms with Gasteiger partial charge in [0.05, 0.1) is 18.7 Å². The Kier molecular flexibility index (Phi) is 3.20. The molecule has 17 heavy (non-hydrogen) atoms. The molecular formula is C14H19NO2. The molecule has 0 aliphatic carbocycles. The average Bonchev–Trinajstić information content (AvgIpc) is 2.26. The second-order valence-electron chi connectivity index (χ2n) is 4.95. The van der Waals surface area contributed by atoms with Crippen LogP contribution in [0.4, 0.5) is 0 Å². The summed E-state index contributed by atoms with van der Waals surface area (Å²) in [4.78, 5) is 13.9. The SMILES string of the molecule is CCCC1(O)CN(C(=O)c2ccccc2C)C1. The summed E-state index contributed by atoms with van der Waals surface area (Å²) in [6.45, 7) is 4.91. The third-order valence-electron chi connectivity index (χ3n) is 3.35. The van der Waals surface area contributed by atoms with Gasteiger partial charge in [0.15, 0.2) is 0 Å². The largest absolute Gasteiger partial charge is 0.386 e. The van der Waals surface area contributed by atoms with Gasteiger partial charge in [-0.2, -0.15) is 0 Å². The van der Waals surface area contributed by atoms with E-state index in [1.54, 1.807) is 4.90 Å². The molecule has 1 aromatic rings. The maximum Gasteiger partial charge on any atom is 0.254 e. The number of hydrogen-bond acceptors (Lipinski definition) is 2. The molecule has 1 amide bonds. The van der Waals surface area contributed by atoms with Crippen molar-refractivity contribution in [3.63, 3.8) is 0 Å². The lowest BCUT2D eigenvalue weighted by Gasteiger charge is -2.46. The van der Waals surface area contributed by atoms with Gasteiger partial charge in [0.25, 0.3) is 5.91 Å². The predicted octanol–water partition coefficient (Wildman–Crippen LogP) is 1.98. The van der Waals surface area contributed by atoms with Crippen LogP contribution < -0.4 is 0 Å². The first-order valence-corrected chi connectivity index (χ1v) is 6.13. The van der Waals surface area contributed by atoms with Gasteiger partial charge in [-0.15, -0.1) is 0 Å². The first kappa shape index (κ1) is 12.1. The van der Waals surface area contributed by atoms with Crippen LogP contribution in [0.3, 0.4) is 0 Å². The second kappa shape index (κ2) is 4.49. The molecular weight excluding hydrogens is 214 g/mol. The Morgan fingerprint density at radius 2 is 2.06 bits per heavy atom. The number of rotatable bonds is 3. The van der Waals surface area contributed by atoms with E-state index in [0.717, 1.165) is 24.0 Å². The minimum Gasteiger partial charge on any atom is -0.386 e. The van der Waals surface area contributed by atoms with E-state index < -0.39 is 5.60 Å². The lowest BCUT2D eigenvalue weighted by atomic mass is 9.88. The molecule has 1 aliphatic rings. The number of β-amino-alcohol motifs (C(OH)–C–C–N with tert-alkyl or cyclic N) is 1. The molecule has 0 atom stereocenters. The average molecular weight is 233 g/mol.